The highest BCUT2D eigenvalue weighted by Gasteiger charge is 2.41. The average Bonchev–Trinajstić information content (AvgIpc) is 3.10. The first kappa shape index (κ1) is 16.6. The van der Waals surface area contributed by atoms with Crippen LogP contribution in [0.4, 0.5) is 4.39 Å². The molecule has 128 valence electrons. The number of carbonyl (C=O) groups is 2. The molecule has 2 aliphatic rings. The Labute approximate surface area is 140 Å². The fourth-order valence-electron chi connectivity index (χ4n) is 3.31. The van der Waals surface area contributed by atoms with Gasteiger partial charge in [0.05, 0.1) is 0 Å². The second kappa shape index (κ2) is 6.34. The molecule has 0 atom stereocenters. The third-order valence-electron chi connectivity index (χ3n) is 4.63. The van der Waals surface area contributed by atoms with E-state index in [9.17, 15) is 14.0 Å². The van der Waals surface area contributed by atoms with Crippen molar-refractivity contribution in [3.63, 3.8) is 0 Å². The molecule has 0 spiro atoms. The maximum atomic E-state index is 13.1. The van der Waals surface area contributed by atoms with Crippen LogP contribution in [0.3, 0.4) is 0 Å². The summed E-state index contributed by atoms with van der Waals surface area (Å²) >= 11 is 0. The molecule has 0 bridgehead atoms. The van der Waals surface area contributed by atoms with Gasteiger partial charge in [-0.3, -0.25) is 14.6 Å². The van der Waals surface area contributed by atoms with E-state index in [1.165, 1.54) is 29.2 Å². The summed E-state index contributed by atoms with van der Waals surface area (Å²) in [6.45, 7) is 3.57. The SMILES string of the molecule is CC1(C)N=C(c2ccc(F)cc2)C(=O)N1CC(=O)NC1CCCC1. The van der Waals surface area contributed by atoms with Crippen LogP contribution in [-0.4, -0.2) is 40.7 Å². The van der Waals surface area contributed by atoms with Gasteiger partial charge in [-0.05, 0) is 51.0 Å². The largest absolute Gasteiger partial charge is 0.352 e. The van der Waals surface area contributed by atoms with Crippen LogP contribution in [0.25, 0.3) is 0 Å². The Hall–Kier alpha value is -2.24. The van der Waals surface area contributed by atoms with E-state index in [1.807, 2.05) is 0 Å². The lowest BCUT2D eigenvalue weighted by molar-refractivity contribution is -0.134. The molecule has 1 saturated carbocycles. The van der Waals surface area contributed by atoms with Crippen LogP contribution in [-0.2, 0) is 9.59 Å². The van der Waals surface area contributed by atoms with E-state index >= 15 is 0 Å². The molecule has 2 amide bonds. The summed E-state index contributed by atoms with van der Waals surface area (Å²) in [5, 5.41) is 2.99. The van der Waals surface area contributed by atoms with Gasteiger partial charge in [-0.2, -0.15) is 0 Å². The zero-order valence-corrected chi connectivity index (χ0v) is 14.0. The van der Waals surface area contributed by atoms with E-state index in [2.05, 4.69) is 10.3 Å². The number of halogens is 1. The molecular weight excluding hydrogens is 309 g/mol. The number of aliphatic imine (C=N–C) groups is 1. The number of rotatable bonds is 4. The molecule has 1 aliphatic carbocycles. The number of nitrogens with zero attached hydrogens (tertiary/aromatic N) is 2. The molecule has 0 radical (unpaired) electrons. The van der Waals surface area contributed by atoms with Crippen molar-refractivity contribution in [2.75, 3.05) is 6.54 Å². The number of carbonyl (C=O) groups excluding carboxylic acids is 2. The van der Waals surface area contributed by atoms with Crippen molar-refractivity contribution in [1.29, 1.82) is 0 Å². The first-order chi connectivity index (χ1) is 11.4. The second-order valence-electron chi connectivity index (χ2n) is 6.90. The Morgan fingerprint density at radius 2 is 1.92 bits per heavy atom. The Balaban J connectivity index is 1.72. The van der Waals surface area contributed by atoms with Crippen molar-refractivity contribution in [3.8, 4) is 0 Å². The highest BCUT2D eigenvalue weighted by molar-refractivity contribution is 6.46. The van der Waals surface area contributed by atoms with E-state index in [1.54, 1.807) is 13.8 Å². The third kappa shape index (κ3) is 3.32. The maximum absolute atomic E-state index is 13.1. The molecule has 0 aromatic heterocycles. The van der Waals surface area contributed by atoms with Crippen LogP contribution < -0.4 is 5.32 Å². The summed E-state index contributed by atoms with van der Waals surface area (Å²) in [4.78, 5) is 30.9. The summed E-state index contributed by atoms with van der Waals surface area (Å²) in [6, 6.07) is 5.88. The van der Waals surface area contributed by atoms with E-state index in [0.717, 1.165) is 25.7 Å². The van der Waals surface area contributed by atoms with Crippen molar-refractivity contribution in [2.24, 2.45) is 4.99 Å². The standard InChI is InChI=1S/C18H22FN3O2/c1-18(2)21-16(12-7-9-13(19)10-8-12)17(24)22(18)11-15(23)20-14-5-3-4-6-14/h7-10,14H,3-6,11H2,1-2H3,(H,20,23). The van der Waals surface area contributed by atoms with E-state index < -0.39 is 5.66 Å². The number of amides is 2. The van der Waals surface area contributed by atoms with Gasteiger partial charge in [0.25, 0.3) is 5.91 Å². The van der Waals surface area contributed by atoms with E-state index in [-0.39, 0.29) is 35.9 Å². The minimum absolute atomic E-state index is 0.0173. The minimum Gasteiger partial charge on any atom is -0.352 e. The topological polar surface area (TPSA) is 61.8 Å². The van der Waals surface area contributed by atoms with Crippen molar-refractivity contribution < 1.29 is 14.0 Å². The molecule has 1 heterocycles. The van der Waals surface area contributed by atoms with Gasteiger partial charge in [0.15, 0.2) is 0 Å². The summed E-state index contributed by atoms with van der Waals surface area (Å²) < 4.78 is 13.1. The minimum atomic E-state index is -0.798. The predicted octanol–water partition coefficient (Wildman–Crippen LogP) is 2.25. The third-order valence-corrected chi connectivity index (χ3v) is 4.63. The molecule has 1 aromatic rings. The Morgan fingerprint density at radius 3 is 2.54 bits per heavy atom. The lowest BCUT2D eigenvalue weighted by Crippen LogP contribution is -2.49. The van der Waals surface area contributed by atoms with Crippen LogP contribution in [0.1, 0.15) is 45.1 Å². The summed E-state index contributed by atoms with van der Waals surface area (Å²) in [7, 11) is 0. The van der Waals surface area contributed by atoms with Crippen LogP contribution in [0, 0.1) is 5.82 Å². The number of hydrogen-bond acceptors (Lipinski definition) is 3. The van der Waals surface area contributed by atoms with Gasteiger partial charge in [0.2, 0.25) is 5.91 Å². The second-order valence-corrected chi connectivity index (χ2v) is 6.90. The first-order valence-corrected chi connectivity index (χ1v) is 8.34. The van der Waals surface area contributed by atoms with Gasteiger partial charge < -0.3 is 10.2 Å². The molecule has 6 heteroatoms. The molecule has 0 unspecified atom stereocenters. The van der Waals surface area contributed by atoms with Gasteiger partial charge in [0.1, 0.15) is 23.7 Å². The van der Waals surface area contributed by atoms with Gasteiger partial charge in [-0.25, -0.2) is 4.39 Å². The molecule has 1 fully saturated rings. The molecule has 1 aromatic carbocycles. The lowest BCUT2D eigenvalue weighted by Gasteiger charge is -2.29. The summed E-state index contributed by atoms with van der Waals surface area (Å²) in [6.07, 6.45) is 4.27. The first-order valence-electron chi connectivity index (χ1n) is 8.34. The molecular formula is C18H22FN3O2. The van der Waals surface area contributed by atoms with Crippen LogP contribution >= 0.6 is 0 Å². The highest BCUT2D eigenvalue weighted by atomic mass is 19.1. The smallest absolute Gasteiger partial charge is 0.275 e. The van der Waals surface area contributed by atoms with Crippen LogP contribution in [0.15, 0.2) is 29.3 Å². The number of benzene rings is 1. The van der Waals surface area contributed by atoms with Crippen LogP contribution in [0.2, 0.25) is 0 Å². The molecule has 1 N–H and O–H groups in total. The fraction of sp³-hybridized carbons (Fsp3) is 0.500. The van der Waals surface area contributed by atoms with Crippen molar-refractivity contribution in [2.45, 2.75) is 51.2 Å². The Morgan fingerprint density at radius 1 is 1.29 bits per heavy atom. The molecule has 1 aliphatic heterocycles. The van der Waals surface area contributed by atoms with Gasteiger partial charge in [0, 0.05) is 11.6 Å². The quantitative estimate of drug-likeness (QED) is 0.920. The average molecular weight is 331 g/mol. The van der Waals surface area contributed by atoms with Crippen molar-refractivity contribution >= 4 is 17.5 Å². The molecule has 5 nitrogen and oxygen atoms in total. The lowest BCUT2D eigenvalue weighted by atomic mass is 10.1. The van der Waals surface area contributed by atoms with E-state index in [0.29, 0.717) is 5.56 Å². The Kier molecular flexibility index (Phi) is 4.39. The summed E-state index contributed by atoms with van der Waals surface area (Å²) in [5.41, 5.74) is 0.0372. The maximum Gasteiger partial charge on any atom is 0.275 e. The van der Waals surface area contributed by atoms with Crippen molar-refractivity contribution in [3.05, 3.63) is 35.6 Å². The number of hydrogen-bond donors (Lipinski definition) is 1. The van der Waals surface area contributed by atoms with Crippen molar-refractivity contribution in [1.82, 2.24) is 10.2 Å². The summed E-state index contributed by atoms with van der Waals surface area (Å²) in [5.74, 6) is -0.816. The highest BCUT2D eigenvalue weighted by Crippen LogP contribution is 2.26. The van der Waals surface area contributed by atoms with Gasteiger partial charge >= 0.3 is 0 Å². The molecule has 0 saturated heterocycles. The zero-order valence-electron chi connectivity index (χ0n) is 14.0. The predicted molar refractivity (Wildman–Crippen MR) is 89.1 cm³/mol. The molecule has 24 heavy (non-hydrogen) atoms. The van der Waals surface area contributed by atoms with Crippen LogP contribution in [0.5, 0.6) is 0 Å². The fourth-order valence-corrected chi connectivity index (χ4v) is 3.31. The number of nitrogens with one attached hydrogen (secondary N) is 1. The van der Waals surface area contributed by atoms with Gasteiger partial charge in [-0.1, -0.05) is 12.8 Å². The van der Waals surface area contributed by atoms with Gasteiger partial charge in [-0.15, -0.1) is 0 Å². The normalized spacial score (nSPS) is 20.4. The van der Waals surface area contributed by atoms with E-state index in [4.69, 9.17) is 0 Å². The monoisotopic (exact) mass is 331 g/mol. The molecule has 3 rings (SSSR count). The zero-order chi connectivity index (χ0) is 17.3. The Bertz CT molecular complexity index is 676.